The second-order valence-corrected chi connectivity index (χ2v) is 9.53. The fourth-order valence-electron chi connectivity index (χ4n) is 4.41. The van der Waals surface area contributed by atoms with Gasteiger partial charge in [-0.25, -0.2) is 9.97 Å². The number of rotatable bonds is 6. The highest BCUT2D eigenvalue weighted by Crippen LogP contribution is 2.35. The second kappa shape index (κ2) is 9.03. The van der Waals surface area contributed by atoms with E-state index in [2.05, 4.69) is 37.5 Å². The summed E-state index contributed by atoms with van der Waals surface area (Å²) in [4.78, 5) is 12.8. The first-order valence-electron chi connectivity index (χ1n) is 11.1. The summed E-state index contributed by atoms with van der Waals surface area (Å²) in [7, 11) is 0. The van der Waals surface area contributed by atoms with Gasteiger partial charge in [0.1, 0.15) is 21.7 Å². The molecule has 4 aromatic heterocycles. The minimum atomic E-state index is -2.65. The minimum absolute atomic E-state index is 0.0434. The first kappa shape index (κ1) is 22.1. The number of pyridine rings is 3. The molecule has 0 spiro atoms. The fourth-order valence-corrected chi connectivity index (χ4v) is 4.73. The summed E-state index contributed by atoms with van der Waals surface area (Å²) in [6, 6.07) is 14.7. The van der Waals surface area contributed by atoms with Crippen molar-refractivity contribution >= 4 is 44.4 Å². The minimum Gasteiger partial charge on any atom is -0.489 e. The van der Waals surface area contributed by atoms with Crippen LogP contribution < -0.4 is 9.47 Å². The van der Waals surface area contributed by atoms with Crippen molar-refractivity contribution in [2.45, 2.75) is 31.6 Å². The van der Waals surface area contributed by atoms with E-state index in [0.29, 0.717) is 22.3 Å². The number of benzene rings is 1. The SMILES string of the molecule is FC(F)n1c2ccncc2c2ccc(-c3ccc(O[C@H]4C[C@H](Oc5ccc(I)nc5)C4)nc3)cc21. The monoisotopic (exact) mass is 584 g/mol. The summed E-state index contributed by atoms with van der Waals surface area (Å²) < 4.78 is 41.6. The lowest BCUT2D eigenvalue weighted by atomic mass is 9.92. The van der Waals surface area contributed by atoms with Gasteiger partial charge in [-0.15, -0.1) is 0 Å². The van der Waals surface area contributed by atoms with Crippen molar-refractivity contribution in [3.8, 4) is 22.8 Å². The number of halogens is 3. The molecule has 35 heavy (non-hydrogen) atoms. The van der Waals surface area contributed by atoms with E-state index < -0.39 is 6.55 Å². The zero-order chi connectivity index (χ0) is 23.9. The van der Waals surface area contributed by atoms with Crippen LogP contribution >= 0.6 is 22.6 Å². The number of ether oxygens (including phenoxy) is 2. The van der Waals surface area contributed by atoms with Gasteiger partial charge in [-0.2, -0.15) is 8.78 Å². The van der Waals surface area contributed by atoms with E-state index in [1.165, 1.54) is 6.20 Å². The third-order valence-electron chi connectivity index (χ3n) is 6.21. The molecule has 1 aliphatic rings. The van der Waals surface area contributed by atoms with E-state index >= 15 is 0 Å². The van der Waals surface area contributed by atoms with Gasteiger partial charge in [-0.05, 0) is 58.5 Å². The number of alkyl halides is 2. The Morgan fingerprint density at radius 3 is 2.40 bits per heavy atom. The maximum atomic E-state index is 13.9. The Bertz CT molecular complexity index is 1500. The average Bonchev–Trinajstić information content (AvgIpc) is 3.18. The zero-order valence-corrected chi connectivity index (χ0v) is 20.5. The van der Waals surface area contributed by atoms with E-state index in [1.807, 2.05) is 36.4 Å². The molecule has 1 saturated carbocycles. The predicted octanol–water partition coefficient (Wildman–Crippen LogP) is 6.64. The number of hydrogen-bond acceptors (Lipinski definition) is 5. The quantitative estimate of drug-likeness (QED) is 0.166. The normalized spacial score (nSPS) is 17.6. The van der Waals surface area contributed by atoms with Crippen molar-refractivity contribution in [2.75, 3.05) is 0 Å². The van der Waals surface area contributed by atoms with Crippen LogP contribution in [-0.2, 0) is 0 Å². The number of fused-ring (bicyclic) bond motifs is 3. The average molecular weight is 584 g/mol. The second-order valence-electron chi connectivity index (χ2n) is 8.43. The molecule has 0 amide bonds. The smallest absolute Gasteiger partial charge is 0.319 e. The Balaban J connectivity index is 1.16. The van der Waals surface area contributed by atoms with E-state index in [0.717, 1.165) is 43.4 Å². The summed E-state index contributed by atoms with van der Waals surface area (Å²) in [5.41, 5.74) is 2.55. The van der Waals surface area contributed by atoms with Crippen molar-refractivity contribution in [1.82, 2.24) is 19.5 Å². The van der Waals surface area contributed by atoms with Gasteiger partial charge >= 0.3 is 6.55 Å². The first-order valence-corrected chi connectivity index (χ1v) is 12.2. The molecule has 6 nitrogen and oxygen atoms in total. The fraction of sp³-hybridized carbons (Fsp3) is 0.192. The van der Waals surface area contributed by atoms with Crippen molar-refractivity contribution in [3.63, 3.8) is 0 Å². The molecule has 0 saturated heterocycles. The van der Waals surface area contributed by atoms with Crippen molar-refractivity contribution < 1.29 is 18.3 Å². The Hall–Kier alpha value is -3.34. The molecule has 9 heteroatoms. The summed E-state index contributed by atoms with van der Waals surface area (Å²) in [6.07, 6.45) is 8.28. The molecular formula is C26H19F2IN4O2. The summed E-state index contributed by atoms with van der Waals surface area (Å²) in [6.45, 7) is -2.65. The van der Waals surface area contributed by atoms with Gasteiger partial charge in [0.05, 0.1) is 17.2 Å². The lowest BCUT2D eigenvalue weighted by molar-refractivity contribution is 0.00208. The highest BCUT2D eigenvalue weighted by molar-refractivity contribution is 14.1. The van der Waals surface area contributed by atoms with Crippen molar-refractivity contribution in [1.29, 1.82) is 0 Å². The third kappa shape index (κ3) is 4.29. The molecule has 0 radical (unpaired) electrons. The van der Waals surface area contributed by atoms with Crippen LogP contribution in [0.3, 0.4) is 0 Å². The summed E-state index contributed by atoms with van der Waals surface area (Å²) >= 11 is 2.16. The largest absolute Gasteiger partial charge is 0.489 e. The molecule has 5 aromatic rings. The molecule has 176 valence electrons. The molecule has 1 aliphatic carbocycles. The van der Waals surface area contributed by atoms with Gasteiger partial charge < -0.3 is 9.47 Å². The zero-order valence-electron chi connectivity index (χ0n) is 18.3. The lowest BCUT2D eigenvalue weighted by Gasteiger charge is -2.34. The molecule has 0 unspecified atom stereocenters. The van der Waals surface area contributed by atoms with Gasteiger partial charge in [-0.3, -0.25) is 9.55 Å². The van der Waals surface area contributed by atoms with Crippen molar-refractivity contribution in [2.24, 2.45) is 0 Å². The van der Waals surface area contributed by atoms with Crippen LogP contribution in [0.1, 0.15) is 19.4 Å². The van der Waals surface area contributed by atoms with Crippen molar-refractivity contribution in [3.05, 3.63) is 77.0 Å². The summed E-state index contributed by atoms with van der Waals surface area (Å²) in [5, 5.41) is 1.45. The van der Waals surface area contributed by atoms with Gasteiger partial charge in [0.2, 0.25) is 5.88 Å². The molecule has 0 aliphatic heterocycles. The molecule has 6 rings (SSSR count). The van der Waals surface area contributed by atoms with Crippen LogP contribution in [-0.4, -0.2) is 31.7 Å². The Morgan fingerprint density at radius 1 is 0.829 bits per heavy atom. The molecule has 0 atom stereocenters. The first-order chi connectivity index (χ1) is 17.0. The lowest BCUT2D eigenvalue weighted by Crippen LogP contribution is -2.41. The maximum Gasteiger partial charge on any atom is 0.319 e. The molecule has 1 fully saturated rings. The van der Waals surface area contributed by atoms with E-state index in [9.17, 15) is 8.78 Å². The third-order valence-corrected chi connectivity index (χ3v) is 6.85. The Labute approximate surface area is 213 Å². The Kier molecular flexibility index (Phi) is 5.71. The molecule has 0 bridgehead atoms. The maximum absolute atomic E-state index is 13.9. The van der Waals surface area contributed by atoms with Crippen LogP contribution in [0, 0.1) is 3.70 Å². The summed E-state index contributed by atoms with van der Waals surface area (Å²) in [5.74, 6) is 1.29. The van der Waals surface area contributed by atoms with Crippen LogP contribution in [0.25, 0.3) is 32.9 Å². The van der Waals surface area contributed by atoms with E-state index in [4.69, 9.17) is 9.47 Å². The number of hydrogen-bond donors (Lipinski definition) is 0. The molecule has 0 N–H and O–H groups in total. The van der Waals surface area contributed by atoms with E-state index in [1.54, 1.807) is 30.7 Å². The van der Waals surface area contributed by atoms with Gasteiger partial charge in [0, 0.05) is 53.8 Å². The molecule has 1 aromatic carbocycles. The van der Waals surface area contributed by atoms with Gasteiger partial charge in [0.15, 0.2) is 0 Å². The van der Waals surface area contributed by atoms with Crippen LogP contribution in [0.15, 0.2) is 73.3 Å². The highest BCUT2D eigenvalue weighted by Gasteiger charge is 2.33. The van der Waals surface area contributed by atoms with Gasteiger partial charge in [0.25, 0.3) is 0 Å². The highest BCUT2D eigenvalue weighted by atomic mass is 127. The number of nitrogens with zero attached hydrogens (tertiary/aromatic N) is 4. The van der Waals surface area contributed by atoms with Crippen LogP contribution in [0.2, 0.25) is 0 Å². The van der Waals surface area contributed by atoms with Crippen LogP contribution in [0.5, 0.6) is 11.6 Å². The van der Waals surface area contributed by atoms with E-state index in [-0.39, 0.29) is 12.2 Å². The Morgan fingerprint density at radius 2 is 1.66 bits per heavy atom. The standard InChI is InChI=1S/C26H19F2IN4O2/c27-26(28)33-22-7-8-30-14-21(22)20-4-1-15(9-23(20)33)16-2-6-25(32-12-16)35-19-10-18(11-19)34-17-3-5-24(29)31-13-17/h1-9,12-14,18-19,26H,10-11H2/t18-,19-. The molecular weight excluding hydrogens is 565 g/mol. The topological polar surface area (TPSA) is 62.1 Å². The molecule has 4 heterocycles. The van der Waals surface area contributed by atoms with Crippen LogP contribution in [0.4, 0.5) is 8.78 Å². The number of aromatic nitrogens is 4. The predicted molar refractivity (Wildman–Crippen MR) is 137 cm³/mol. The van der Waals surface area contributed by atoms with Gasteiger partial charge in [-0.1, -0.05) is 12.1 Å².